The molecule has 0 aromatic rings. The van der Waals surface area contributed by atoms with Crippen LogP contribution >= 0.6 is 0 Å². The number of nitrogens with one attached hydrogen (secondary N) is 1. The third-order valence-electron chi connectivity index (χ3n) is 6.39. The molecule has 4 saturated carbocycles. The highest BCUT2D eigenvalue weighted by atomic mass is 35.5. The molecule has 1 saturated heterocycles. The first-order valence-electron chi connectivity index (χ1n) is 8.70. The van der Waals surface area contributed by atoms with E-state index in [9.17, 15) is 4.79 Å². The van der Waals surface area contributed by atoms with Gasteiger partial charge in [-0.05, 0) is 87.6 Å². The Balaban J connectivity index is 0.00000132. The van der Waals surface area contributed by atoms with Crippen LogP contribution in [0.15, 0.2) is 0 Å². The molecule has 1 heterocycles. The molecule has 4 heteroatoms. The van der Waals surface area contributed by atoms with E-state index in [0.29, 0.717) is 12.0 Å². The van der Waals surface area contributed by atoms with E-state index < -0.39 is 0 Å². The fourth-order valence-electron chi connectivity index (χ4n) is 5.99. The fourth-order valence-corrected chi connectivity index (χ4v) is 5.99. The summed E-state index contributed by atoms with van der Waals surface area (Å²) in [7, 11) is 0. The van der Waals surface area contributed by atoms with Crippen LogP contribution in [0.5, 0.6) is 0 Å². The largest absolute Gasteiger partial charge is 1.00 e. The number of carbonyl (C=O) groups is 1. The molecule has 4 aliphatic carbocycles. The van der Waals surface area contributed by atoms with Gasteiger partial charge in [-0.1, -0.05) is 0 Å². The SMILES string of the molecule is O=C(CN1CCCC1)NCC12CC3CC(CC(C3)C1)C2.[Cl-]. The van der Waals surface area contributed by atoms with E-state index in [-0.39, 0.29) is 18.3 Å². The number of rotatable bonds is 4. The van der Waals surface area contributed by atoms with Gasteiger partial charge in [-0.25, -0.2) is 0 Å². The molecule has 5 aliphatic rings. The molecular formula is C17H28ClN2O-. The molecule has 1 amide bonds. The summed E-state index contributed by atoms with van der Waals surface area (Å²) >= 11 is 0. The predicted molar refractivity (Wildman–Crippen MR) is 79.3 cm³/mol. The molecule has 120 valence electrons. The van der Waals surface area contributed by atoms with Crippen LogP contribution in [0.2, 0.25) is 0 Å². The summed E-state index contributed by atoms with van der Waals surface area (Å²) in [5, 5.41) is 3.29. The standard InChI is InChI=1S/C17H28N2O.ClH/c20-16(11-19-3-1-2-4-19)18-12-17-8-13-5-14(9-17)7-15(6-13)10-17;/h13-15H,1-12H2,(H,18,20);1H/p-1. The van der Waals surface area contributed by atoms with Gasteiger partial charge in [0.2, 0.25) is 5.91 Å². The van der Waals surface area contributed by atoms with Crippen molar-refractivity contribution in [2.75, 3.05) is 26.2 Å². The first-order chi connectivity index (χ1) is 9.71. The number of amides is 1. The number of nitrogens with zero attached hydrogens (tertiary/aromatic N) is 1. The quantitative estimate of drug-likeness (QED) is 0.753. The molecule has 0 spiro atoms. The average molecular weight is 312 g/mol. The molecule has 3 nitrogen and oxygen atoms in total. The third-order valence-corrected chi connectivity index (χ3v) is 6.39. The Kier molecular flexibility index (Phi) is 4.52. The molecule has 5 fully saturated rings. The summed E-state index contributed by atoms with van der Waals surface area (Å²) in [5.74, 6) is 3.22. The van der Waals surface area contributed by atoms with Crippen molar-refractivity contribution in [3.8, 4) is 0 Å². The van der Waals surface area contributed by atoms with Gasteiger partial charge in [0.15, 0.2) is 0 Å². The number of halogens is 1. The second kappa shape index (κ2) is 6.08. The van der Waals surface area contributed by atoms with Crippen LogP contribution in [0.3, 0.4) is 0 Å². The smallest absolute Gasteiger partial charge is 0.234 e. The zero-order chi connectivity index (χ0) is 13.6. The van der Waals surface area contributed by atoms with Gasteiger partial charge in [-0.2, -0.15) is 0 Å². The molecule has 5 rings (SSSR count). The zero-order valence-electron chi connectivity index (χ0n) is 13.0. The highest BCUT2D eigenvalue weighted by Gasteiger charge is 2.50. The number of hydrogen-bond acceptors (Lipinski definition) is 2. The second-order valence-electron chi connectivity index (χ2n) is 8.18. The lowest BCUT2D eigenvalue weighted by atomic mass is 9.49. The van der Waals surface area contributed by atoms with E-state index in [0.717, 1.165) is 37.4 Å². The van der Waals surface area contributed by atoms with Gasteiger partial charge in [0, 0.05) is 6.54 Å². The lowest BCUT2D eigenvalue weighted by Crippen LogP contribution is -3.00. The molecule has 0 aromatic carbocycles. The molecule has 0 aromatic heterocycles. The molecule has 1 aliphatic heterocycles. The molecule has 4 bridgehead atoms. The van der Waals surface area contributed by atoms with E-state index in [2.05, 4.69) is 10.2 Å². The van der Waals surface area contributed by atoms with Gasteiger partial charge in [0.1, 0.15) is 0 Å². The van der Waals surface area contributed by atoms with Crippen LogP contribution in [0.4, 0.5) is 0 Å². The van der Waals surface area contributed by atoms with Gasteiger partial charge >= 0.3 is 0 Å². The number of carbonyl (C=O) groups excluding carboxylic acids is 1. The maximum atomic E-state index is 12.1. The Morgan fingerprint density at radius 3 is 2.05 bits per heavy atom. The van der Waals surface area contributed by atoms with Gasteiger partial charge in [-0.15, -0.1) is 0 Å². The van der Waals surface area contributed by atoms with E-state index in [1.165, 1.54) is 51.4 Å². The Hall–Kier alpha value is -0.280. The first kappa shape index (κ1) is 15.6. The van der Waals surface area contributed by atoms with Gasteiger partial charge in [0.25, 0.3) is 0 Å². The van der Waals surface area contributed by atoms with Gasteiger partial charge in [0.05, 0.1) is 6.54 Å². The Morgan fingerprint density at radius 2 is 1.52 bits per heavy atom. The molecular weight excluding hydrogens is 284 g/mol. The Morgan fingerprint density at radius 1 is 1.00 bits per heavy atom. The van der Waals surface area contributed by atoms with E-state index in [1.54, 1.807) is 0 Å². The molecule has 1 N–H and O–H groups in total. The first-order valence-corrected chi connectivity index (χ1v) is 8.70. The normalized spacial score (nSPS) is 41.0. The van der Waals surface area contributed by atoms with Crippen LogP contribution in [-0.2, 0) is 4.79 Å². The summed E-state index contributed by atoms with van der Waals surface area (Å²) < 4.78 is 0. The molecule has 0 radical (unpaired) electrons. The van der Waals surface area contributed by atoms with Crippen LogP contribution in [0, 0.1) is 23.2 Å². The monoisotopic (exact) mass is 311 g/mol. The van der Waals surface area contributed by atoms with Gasteiger partial charge in [-0.3, -0.25) is 9.69 Å². The summed E-state index contributed by atoms with van der Waals surface area (Å²) in [6.45, 7) is 3.82. The van der Waals surface area contributed by atoms with Crippen molar-refractivity contribution in [1.82, 2.24) is 10.2 Å². The van der Waals surface area contributed by atoms with Crippen molar-refractivity contribution < 1.29 is 17.2 Å². The molecule has 21 heavy (non-hydrogen) atoms. The van der Waals surface area contributed by atoms with E-state index >= 15 is 0 Å². The summed E-state index contributed by atoms with van der Waals surface area (Å²) in [4.78, 5) is 14.4. The van der Waals surface area contributed by atoms with Crippen molar-refractivity contribution in [2.24, 2.45) is 23.2 Å². The average Bonchev–Trinajstić information content (AvgIpc) is 2.88. The minimum Gasteiger partial charge on any atom is -1.00 e. The van der Waals surface area contributed by atoms with Crippen molar-refractivity contribution in [3.63, 3.8) is 0 Å². The second-order valence-corrected chi connectivity index (χ2v) is 8.18. The van der Waals surface area contributed by atoms with Crippen LogP contribution in [0.1, 0.15) is 51.4 Å². The highest BCUT2D eigenvalue weighted by molar-refractivity contribution is 5.78. The lowest BCUT2D eigenvalue weighted by Gasteiger charge is -2.56. The predicted octanol–water partition coefficient (Wildman–Crippen LogP) is -0.581. The maximum Gasteiger partial charge on any atom is 0.234 e. The Labute approximate surface area is 134 Å². The number of likely N-dealkylation sites (tertiary alicyclic amines) is 1. The summed E-state index contributed by atoms with van der Waals surface area (Å²) in [5.41, 5.74) is 0.482. The van der Waals surface area contributed by atoms with Crippen LogP contribution in [-0.4, -0.2) is 37.0 Å². The lowest BCUT2D eigenvalue weighted by molar-refractivity contribution is -0.124. The number of hydrogen-bond donors (Lipinski definition) is 1. The molecule has 0 unspecified atom stereocenters. The minimum atomic E-state index is 0. The minimum absolute atomic E-state index is 0. The van der Waals surface area contributed by atoms with Crippen molar-refractivity contribution >= 4 is 5.91 Å². The van der Waals surface area contributed by atoms with Crippen molar-refractivity contribution in [2.45, 2.75) is 51.4 Å². The van der Waals surface area contributed by atoms with Gasteiger partial charge < -0.3 is 17.7 Å². The summed E-state index contributed by atoms with van der Waals surface area (Å²) in [6, 6.07) is 0. The topological polar surface area (TPSA) is 32.3 Å². The fraction of sp³-hybridized carbons (Fsp3) is 0.941. The third kappa shape index (κ3) is 3.24. The Bertz CT molecular complexity index is 357. The summed E-state index contributed by atoms with van der Waals surface area (Å²) in [6.07, 6.45) is 11.2. The van der Waals surface area contributed by atoms with Crippen LogP contribution < -0.4 is 17.7 Å². The van der Waals surface area contributed by atoms with E-state index in [4.69, 9.17) is 0 Å². The van der Waals surface area contributed by atoms with Crippen LogP contribution in [0.25, 0.3) is 0 Å². The maximum absolute atomic E-state index is 12.1. The molecule has 0 atom stereocenters. The van der Waals surface area contributed by atoms with E-state index in [1.807, 2.05) is 0 Å². The highest BCUT2D eigenvalue weighted by Crippen LogP contribution is 2.59. The van der Waals surface area contributed by atoms with Crippen molar-refractivity contribution in [1.29, 1.82) is 0 Å². The van der Waals surface area contributed by atoms with Crippen molar-refractivity contribution in [3.05, 3.63) is 0 Å². The zero-order valence-corrected chi connectivity index (χ0v) is 13.7.